The van der Waals surface area contributed by atoms with Gasteiger partial charge in [0.25, 0.3) is 0 Å². The molecule has 0 aliphatic heterocycles. The summed E-state index contributed by atoms with van der Waals surface area (Å²) < 4.78 is 1.72. The number of aliphatic hydroxyl groups is 1. The predicted molar refractivity (Wildman–Crippen MR) is 55.3 cm³/mol. The largest absolute Gasteiger partial charge is 0.392 e. The second kappa shape index (κ2) is 4.47. The zero-order valence-electron chi connectivity index (χ0n) is 7.98. The molecule has 0 radical (unpaired) electrons. The van der Waals surface area contributed by atoms with Crippen molar-refractivity contribution >= 4 is 6.08 Å². The molecule has 0 aliphatic carbocycles. The first-order valence-electron chi connectivity index (χ1n) is 4.48. The minimum Gasteiger partial charge on any atom is -0.392 e. The van der Waals surface area contributed by atoms with E-state index in [0.29, 0.717) is 5.95 Å². The highest BCUT2D eigenvalue weighted by molar-refractivity contribution is 5.46. The van der Waals surface area contributed by atoms with Gasteiger partial charge in [-0.25, -0.2) is 15.0 Å². The van der Waals surface area contributed by atoms with E-state index in [9.17, 15) is 0 Å². The standard InChI is InChI=1S/C10H10N4O/c15-5-1-2-9-6-12-10(13-7-9)14-4-3-11-8-14/h1-4,6-8,15H,5H2. The summed E-state index contributed by atoms with van der Waals surface area (Å²) in [5.74, 6) is 0.577. The lowest BCUT2D eigenvalue weighted by Gasteiger charge is -1.98. The van der Waals surface area contributed by atoms with Crippen molar-refractivity contribution in [3.8, 4) is 5.95 Å². The highest BCUT2D eigenvalue weighted by atomic mass is 16.2. The van der Waals surface area contributed by atoms with E-state index in [2.05, 4.69) is 15.0 Å². The normalized spacial score (nSPS) is 11.0. The quantitative estimate of drug-likeness (QED) is 0.794. The molecule has 2 rings (SSSR count). The smallest absolute Gasteiger partial charge is 0.234 e. The SMILES string of the molecule is OCC=Cc1cnc(-n2ccnc2)nc1. The summed E-state index contributed by atoms with van der Waals surface area (Å²) in [5.41, 5.74) is 0.855. The first-order valence-corrected chi connectivity index (χ1v) is 4.48. The third-order valence-corrected chi connectivity index (χ3v) is 1.81. The molecule has 5 heteroatoms. The highest BCUT2D eigenvalue weighted by Gasteiger charge is 1.97. The van der Waals surface area contributed by atoms with Crippen LogP contribution in [0, 0.1) is 0 Å². The van der Waals surface area contributed by atoms with Crippen LogP contribution in [0.3, 0.4) is 0 Å². The van der Waals surface area contributed by atoms with Crippen LogP contribution in [0.4, 0.5) is 0 Å². The zero-order chi connectivity index (χ0) is 10.5. The number of aromatic nitrogens is 4. The van der Waals surface area contributed by atoms with Gasteiger partial charge < -0.3 is 5.11 Å². The highest BCUT2D eigenvalue weighted by Crippen LogP contribution is 2.02. The van der Waals surface area contributed by atoms with E-state index < -0.39 is 0 Å². The fraction of sp³-hybridized carbons (Fsp3) is 0.100. The van der Waals surface area contributed by atoms with Crippen molar-refractivity contribution in [2.24, 2.45) is 0 Å². The summed E-state index contributed by atoms with van der Waals surface area (Å²) in [4.78, 5) is 12.2. The zero-order valence-corrected chi connectivity index (χ0v) is 7.98. The Hall–Kier alpha value is -2.01. The van der Waals surface area contributed by atoms with Crippen molar-refractivity contribution in [2.45, 2.75) is 0 Å². The van der Waals surface area contributed by atoms with Gasteiger partial charge in [0, 0.05) is 30.4 Å². The van der Waals surface area contributed by atoms with Gasteiger partial charge in [-0.1, -0.05) is 12.2 Å². The molecule has 0 aromatic carbocycles. The van der Waals surface area contributed by atoms with Crippen LogP contribution >= 0.6 is 0 Å². The molecule has 0 atom stereocenters. The summed E-state index contributed by atoms with van der Waals surface area (Å²) >= 11 is 0. The van der Waals surface area contributed by atoms with Crippen molar-refractivity contribution in [1.29, 1.82) is 0 Å². The average Bonchev–Trinajstić information content (AvgIpc) is 2.80. The number of hydrogen-bond donors (Lipinski definition) is 1. The van der Waals surface area contributed by atoms with Gasteiger partial charge >= 0.3 is 0 Å². The molecular formula is C10H10N4O. The van der Waals surface area contributed by atoms with Crippen LogP contribution < -0.4 is 0 Å². The van der Waals surface area contributed by atoms with Gasteiger partial charge in [0.1, 0.15) is 6.33 Å². The van der Waals surface area contributed by atoms with E-state index in [1.54, 1.807) is 47.8 Å². The molecule has 0 bridgehead atoms. The molecule has 2 aromatic heterocycles. The van der Waals surface area contributed by atoms with E-state index in [0.717, 1.165) is 5.56 Å². The average molecular weight is 202 g/mol. The second-order valence-corrected chi connectivity index (χ2v) is 2.87. The minimum absolute atomic E-state index is 0.0171. The first-order chi connectivity index (χ1) is 7.40. The summed E-state index contributed by atoms with van der Waals surface area (Å²) in [6.45, 7) is 0.0171. The van der Waals surface area contributed by atoms with Gasteiger partial charge in [-0.2, -0.15) is 0 Å². The van der Waals surface area contributed by atoms with Crippen molar-refractivity contribution < 1.29 is 5.11 Å². The molecule has 2 aromatic rings. The Morgan fingerprint density at radius 2 is 2.13 bits per heavy atom. The van der Waals surface area contributed by atoms with Gasteiger partial charge in [-0.15, -0.1) is 0 Å². The van der Waals surface area contributed by atoms with Crippen LogP contribution in [-0.4, -0.2) is 31.2 Å². The van der Waals surface area contributed by atoms with Crippen LogP contribution in [0.5, 0.6) is 0 Å². The maximum Gasteiger partial charge on any atom is 0.234 e. The molecule has 1 N–H and O–H groups in total. The van der Waals surface area contributed by atoms with Crippen molar-refractivity contribution in [1.82, 2.24) is 19.5 Å². The maximum atomic E-state index is 8.59. The number of aliphatic hydroxyl groups excluding tert-OH is 1. The number of hydrogen-bond acceptors (Lipinski definition) is 4. The van der Waals surface area contributed by atoms with E-state index in [4.69, 9.17) is 5.11 Å². The Balaban J connectivity index is 2.21. The lowest BCUT2D eigenvalue weighted by atomic mass is 10.3. The number of imidazole rings is 1. The lowest BCUT2D eigenvalue weighted by Crippen LogP contribution is -1.97. The van der Waals surface area contributed by atoms with Crippen LogP contribution in [0.1, 0.15) is 5.56 Å². The van der Waals surface area contributed by atoms with Crippen LogP contribution in [0.15, 0.2) is 37.2 Å². The van der Waals surface area contributed by atoms with Gasteiger partial charge in [0.15, 0.2) is 0 Å². The molecule has 2 heterocycles. The van der Waals surface area contributed by atoms with Crippen LogP contribution in [0.2, 0.25) is 0 Å². The topological polar surface area (TPSA) is 63.8 Å². The van der Waals surface area contributed by atoms with E-state index in [1.807, 2.05) is 0 Å². The molecule has 5 nitrogen and oxygen atoms in total. The molecule has 76 valence electrons. The van der Waals surface area contributed by atoms with Gasteiger partial charge in [0.2, 0.25) is 5.95 Å². The molecule has 0 fully saturated rings. The number of rotatable bonds is 3. The van der Waals surface area contributed by atoms with Gasteiger partial charge in [-0.3, -0.25) is 4.57 Å². The summed E-state index contributed by atoms with van der Waals surface area (Å²) in [6, 6.07) is 0. The number of nitrogens with zero attached hydrogens (tertiary/aromatic N) is 4. The van der Waals surface area contributed by atoms with Gasteiger partial charge in [0.05, 0.1) is 6.61 Å². The molecular weight excluding hydrogens is 192 g/mol. The molecule has 0 unspecified atom stereocenters. The maximum absolute atomic E-state index is 8.59. The Morgan fingerprint density at radius 3 is 2.73 bits per heavy atom. The molecule has 0 aliphatic rings. The van der Waals surface area contributed by atoms with E-state index in [1.165, 1.54) is 0 Å². The fourth-order valence-electron chi connectivity index (χ4n) is 1.12. The Morgan fingerprint density at radius 1 is 1.33 bits per heavy atom. The Bertz CT molecular complexity index is 433. The van der Waals surface area contributed by atoms with Gasteiger partial charge in [-0.05, 0) is 0 Å². The molecule has 0 amide bonds. The molecule has 0 saturated carbocycles. The molecule has 0 spiro atoms. The second-order valence-electron chi connectivity index (χ2n) is 2.87. The summed E-state index contributed by atoms with van der Waals surface area (Å²) in [6.07, 6.45) is 11.9. The predicted octanol–water partition coefficient (Wildman–Crippen LogP) is 0.668. The van der Waals surface area contributed by atoms with Crippen molar-refractivity contribution in [3.05, 3.63) is 42.8 Å². The summed E-state index contributed by atoms with van der Waals surface area (Å²) in [5, 5.41) is 8.59. The Labute approximate surface area is 86.8 Å². The lowest BCUT2D eigenvalue weighted by molar-refractivity contribution is 0.343. The molecule has 0 saturated heterocycles. The van der Waals surface area contributed by atoms with E-state index in [-0.39, 0.29) is 6.61 Å². The third-order valence-electron chi connectivity index (χ3n) is 1.81. The summed E-state index contributed by atoms with van der Waals surface area (Å²) in [7, 11) is 0. The minimum atomic E-state index is 0.0171. The first kappa shape index (κ1) is 9.54. The van der Waals surface area contributed by atoms with Crippen molar-refractivity contribution in [3.63, 3.8) is 0 Å². The monoisotopic (exact) mass is 202 g/mol. The van der Waals surface area contributed by atoms with Crippen molar-refractivity contribution in [2.75, 3.05) is 6.61 Å². The van der Waals surface area contributed by atoms with Crippen LogP contribution in [0.25, 0.3) is 12.0 Å². The fourth-order valence-corrected chi connectivity index (χ4v) is 1.12. The van der Waals surface area contributed by atoms with Crippen LogP contribution in [-0.2, 0) is 0 Å². The third kappa shape index (κ3) is 2.26. The molecule has 15 heavy (non-hydrogen) atoms. The Kier molecular flexibility index (Phi) is 2.85. The van der Waals surface area contributed by atoms with E-state index >= 15 is 0 Å².